The van der Waals surface area contributed by atoms with Gasteiger partial charge < -0.3 is 10.2 Å². The van der Waals surface area contributed by atoms with Gasteiger partial charge in [0.25, 0.3) is 0 Å². The molecule has 98 valence electrons. The minimum atomic E-state index is -4.34. The van der Waals surface area contributed by atoms with E-state index in [9.17, 15) is 18.0 Å². The highest BCUT2D eigenvalue weighted by Crippen LogP contribution is 2.21. The number of urea groups is 1. The summed E-state index contributed by atoms with van der Waals surface area (Å²) in [6, 6.07) is -0.269. The van der Waals surface area contributed by atoms with Crippen LogP contribution < -0.4 is 5.32 Å². The van der Waals surface area contributed by atoms with E-state index in [1.54, 1.807) is 0 Å². The van der Waals surface area contributed by atoms with E-state index >= 15 is 0 Å². The average Bonchev–Trinajstić information content (AvgIpc) is 2.71. The van der Waals surface area contributed by atoms with E-state index < -0.39 is 18.8 Å². The molecule has 0 saturated carbocycles. The number of nitrogens with one attached hydrogen (secondary N) is 1. The van der Waals surface area contributed by atoms with Crippen molar-refractivity contribution in [2.24, 2.45) is 0 Å². The van der Waals surface area contributed by atoms with Crippen molar-refractivity contribution in [1.29, 1.82) is 0 Å². The Labute approximate surface area is 97.7 Å². The van der Waals surface area contributed by atoms with Crippen LogP contribution in [0.5, 0.6) is 0 Å². The third-order valence-corrected chi connectivity index (χ3v) is 3.31. The number of fused-ring (bicyclic) bond motifs is 1. The highest BCUT2D eigenvalue weighted by Gasteiger charge is 2.34. The number of alkyl halides is 3. The molecular formula is C10H16F3N3O. The van der Waals surface area contributed by atoms with Gasteiger partial charge in [-0.25, -0.2) is 4.79 Å². The molecular weight excluding hydrogens is 235 g/mol. The molecule has 2 rings (SSSR count). The summed E-state index contributed by atoms with van der Waals surface area (Å²) in [5.74, 6) is 0. The number of halogens is 3. The predicted octanol–water partition coefficient (Wildman–Crippen LogP) is 1.04. The Balaban J connectivity index is 1.80. The second-order valence-corrected chi connectivity index (χ2v) is 4.55. The number of hydrogen-bond acceptors (Lipinski definition) is 2. The average molecular weight is 251 g/mol. The van der Waals surface area contributed by atoms with Crippen molar-refractivity contribution >= 4 is 6.03 Å². The maximum absolute atomic E-state index is 12.0. The summed E-state index contributed by atoms with van der Waals surface area (Å²) >= 11 is 0. The Morgan fingerprint density at radius 1 is 1.29 bits per heavy atom. The molecule has 0 aromatic heterocycles. The van der Waals surface area contributed by atoms with Gasteiger partial charge in [0.1, 0.15) is 6.54 Å². The molecule has 1 unspecified atom stereocenters. The van der Waals surface area contributed by atoms with E-state index in [2.05, 4.69) is 4.90 Å². The largest absolute Gasteiger partial charge is 0.405 e. The van der Waals surface area contributed by atoms with Gasteiger partial charge in [-0.15, -0.1) is 0 Å². The molecule has 4 nitrogen and oxygen atoms in total. The smallest absolute Gasteiger partial charge is 0.329 e. The van der Waals surface area contributed by atoms with E-state index in [0.717, 1.165) is 25.9 Å². The summed E-state index contributed by atoms with van der Waals surface area (Å²) in [4.78, 5) is 15.3. The zero-order valence-electron chi connectivity index (χ0n) is 9.46. The normalized spacial score (nSPS) is 25.8. The second kappa shape index (κ2) is 4.72. The molecule has 0 aromatic rings. The maximum atomic E-state index is 12.0. The van der Waals surface area contributed by atoms with Crippen LogP contribution in [0.25, 0.3) is 0 Å². The second-order valence-electron chi connectivity index (χ2n) is 4.55. The molecule has 0 aromatic carbocycles. The van der Waals surface area contributed by atoms with Gasteiger partial charge >= 0.3 is 12.2 Å². The predicted molar refractivity (Wildman–Crippen MR) is 55.6 cm³/mol. The fourth-order valence-electron chi connectivity index (χ4n) is 2.46. The number of rotatable bonds is 1. The van der Waals surface area contributed by atoms with Crippen LogP contribution in [-0.4, -0.2) is 60.8 Å². The molecule has 2 heterocycles. The molecule has 17 heavy (non-hydrogen) atoms. The van der Waals surface area contributed by atoms with Crippen LogP contribution in [0, 0.1) is 0 Å². The first-order chi connectivity index (χ1) is 7.96. The standard InChI is InChI=1S/C10H16F3N3O/c11-10(12,13)7-14-9(17)16-5-4-15-3-1-2-8(15)6-16/h8H,1-7H2,(H,14,17). The van der Waals surface area contributed by atoms with E-state index in [4.69, 9.17) is 0 Å². The summed E-state index contributed by atoms with van der Waals surface area (Å²) in [5, 5.41) is 1.92. The number of piperazine rings is 1. The number of carbonyl (C=O) groups excluding carboxylic acids is 1. The molecule has 2 amide bonds. The molecule has 1 N–H and O–H groups in total. The van der Waals surface area contributed by atoms with Crippen LogP contribution in [0.2, 0.25) is 0 Å². The zero-order valence-corrected chi connectivity index (χ0v) is 9.46. The lowest BCUT2D eigenvalue weighted by molar-refractivity contribution is -0.123. The maximum Gasteiger partial charge on any atom is 0.405 e. The topological polar surface area (TPSA) is 35.6 Å². The van der Waals surface area contributed by atoms with Crippen molar-refractivity contribution in [3.63, 3.8) is 0 Å². The summed E-state index contributed by atoms with van der Waals surface area (Å²) in [6.07, 6.45) is -2.20. The zero-order chi connectivity index (χ0) is 12.5. The highest BCUT2D eigenvalue weighted by atomic mass is 19.4. The van der Waals surface area contributed by atoms with Crippen molar-refractivity contribution in [2.45, 2.75) is 25.1 Å². The van der Waals surface area contributed by atoms with Crippen LogP contribution >= 0.6 is 0 Å². The van der Waals surface area contributed by atoms with Gasteiger partial charge in [0, 0.05) is 25.7 Å². The molecule has 1 atom stereocenters. The molecule has 0 aliphatic carbocycles. The molecule has 2 fully saturated rings. The number of nitrogens with zero attached hydrogens (tertiary/aromatic N) is 2. The molecule has 0 bridgehead atoms. The lowest BCUT2D eigenvalue weighted by Gasteiger charge is -2.37. The highest BCUT2D eigenvalue weighted by molar-refractivity contribution is 5.74. The molecule has 7 heteroatoms. The summed E-state index contributed by atoms with van der Waals surface area (Å²) in [5.41, 5.74) is 0. The Kier molecular flexibility index (Phi) is 3.46. The van der Waals surface area contributed by atoms with Gasteiger partial charge in [-0.2, -0.15) is 13.2 Å². The Morgan fingerprint density at radius 2 is 2.06 bits per heavy atom. The van der Waals surface area contributed by atoms with Crippen LogP contribution in [0.4, 0.5) is 18.0 Å². The quantitative estimate of drug-likeness (QED) is 0.755. The van der Waals surface area contributed by atoms with Gasteiger partial charge in [0.05, 0.1) is 0 Å². The van der Waals surface area contributed by atoms with Crippen molar-refractivity contribution in [2.75, 3.05) is 32.7 Å². The number of amides is 2. The lowest BCUT2D eigenvalue weighted by atomic mass is 10.2. The van der Waals surface area contributed by atoms with Crippen LogP contribution in [-0.2, 0) is 0 Å². The number of carbonyl (C=O) groups is 1. The first-order valence-corrected chi connectivity index (χ1v) is 5.79. The molecule has 2 saturated heterocycles. The van der Waals surface area contributed by atoms with Gasteiger partial charge in [-0.3, -0.25) is 4.90 Å². The van der Waals surface area contributed by atoms with Crippen LogP contribution in [0.1, 0.15) is 12.8 Å². The van der Waals surface area contributed by atoms with Crippen LogP contribution in [0.15, 0.2) is 0 Å². The van der Waals surface area contributed by atoms with E-state index in [1.807, 2.05) is 5.32 Å². The summed E-state index contributed by atoms with van der Waals surface area (Å²) in [7, 11) is 0. The first kappa shape index (κ1) is 12.5. The molecule has 2 aliphatic rings. The van der Waals surface area contributed by atoms with Gasteiger partial charge in [-0.1, -0.05) is 0 Å². The fraction of sp³-hybridized carbons (Fsp3) is 0.900. The van der Waals surface area contributed by atoms with E-state index in [-0.39, 0.29) is 0 Å². The summed E-state index contributed by atoms with van der Waals surface area (Å²) < 4.78 is 35.9. The van der Waals surface area contributed by atoms with E-state index in [1.165, 1.54) is 4.90 Å². The van der Waals surface area contributed by atoms with Crippen molar-refractivity contribution < 1.29 is 18.0 Å². The fourth-order valence-corrected chi connectivity index (χ4v) is 2.46. The lowest BCUT2D eigenvalue weighted by Crippen LogP contribution is -2.55. The van der Waals surface area contributed by atoms with Gasteiger partial charge in [0.15, 0.2) is 0 Å². The number of hydrogen-bond donors (Lipinski definition) is 1. The molecule has 0 radical (unpaired) electrons. The third-order valence-electron chi connectivity index (χ3n) is 3.31. The van der Waals surface area contributed by atoms with Crippen molar-refractivity contribution in [3.05, 3.63) is 0 Å². The first-order valence-electron chi connectivity index (χ1n) is 5.79. The van der Waals surface area contributed by atoms with E-state index in [0.29, 0.717) is 19.1 Å². The Morgan fingerprint density at radius 3 is 2.76 bits per heavy atom. The molecule has 0 spiro atoms. The van der Waals surface area contributed by atoms with Crippen LogP contribution in [0.3, 0.4) is 0 Å². The Bertz CT molecular complexity index is 295. The third kappa shape index (κ3) is 3.24. The monoisotopic (exact) mass is 251 g/mol. The SMILES string of the molecule is O=C(NCC(F)(F)F)N1CCN2CCCC2C1. The van der Waals surface area contributed by atoms with Crippen molar-refractivity contribution in [3.8, 4) is 0 Å². The van der Waals surface area contributed by atoms with Gasteiger partial charge in [-0.05, 0) is 19.4 Å². The molecule has 2 aliphatic heterocycles. The summed E-state index contributed by atoms with van der Waals surface area (Å²) in [6.45, 7) is 1.62. The minimum absolute atomic E-state index is 0.334. The van der Waals surface area contributed by atoms with Gasteiger partial charge in [0.2, 0.25) is 0 Å². The minimum Gasteiger partial charge on any atom is -0.329 e. The Hall–Kier alpha value is -0.980. The van der Waals surface area contributed by atoms with Crippen molar-refractivity contribution in [1.82, 2.24) is 15.1 Å².